The molecule has 1 unspecified atom stereocenters. The van der Waals surface area contributed by atoms with Crippen molar-refractivity contribution in [2.45, 2.75) is 19.1 Å². The summed E-state index contributed by atoms with van der Waals surface area (Å²) in [6.45, 7) is 4.95. The molecule has 20 heavy (non-hydrogen) atoms. The lowest BCUT2D eigenvalue weighted by Crippen LogP contribution is -2.34. The van der Waals surface area contributed by atoms with Gasteiger partial charge in [0.15, 0.2) is 5.58 Å². The highest BCUT2D eigenvalue weighted by Gasteiger charge is 2.19. The van der Waals surface area contributed by atoms with Crippen LogP contribution in [-0.4, -0.2) is 38.8 Å². The molecule has 1 atom stereocenters. The van der Waals surface area contributed by atoms with E-state index in [-0.39, 0.29) is 16.9 Å². The van der Waals surface area contributed by atoms with Crippen molar-refractivity contribution < 1.29 is 13.4 Å². The van der Waals surface area contributed by atoms with Crippen molar-refractivity contribution in [2.24, 2.45) is 0 Å². The first-order chi connectivity index (χ1) is 9.55. The van der Waals surface area contributed by atoms with E-state index in [9.17, 15) is 9.00 Å². The molecule has 0 bridgehead atoms. The van der Waals surface area contributed by atoms with Crippen molar-refractivity contribution in [2.75, 3.05) is 24.6 Å². The topological polar surface area (TPSA) is 89.4 Å². The Morgan fingerprint density at radius 2 is 2.10 bits per heavy atom. The maximum absolute atomic E-state index is 12.1. The number of carbonyl (C=O) groups excluding carboxylic acids is 1. The number of nitrogens with two attached hydrogens (primary N) is 1. The van der Waals surface area contributed by atoms with Crippen molar-refractivity contribution in [1.82, 2.24) is 9.88 Å². The van der Waals surface area contributed by atoms with Crippen LogP contribution in [0.5, 0.6) is 0 Å². The Morgan fingerprint density at radius 3 is 2.75 bits per heavy atom. The zero-order chi connectivity index (χ0) is 14.7. The van der Waals surface area contributed by atoms with Gasteiger partial charge in [0.1, 0.15) is 22.1 Å². The molecule has 108 valence electrons. The molecule has 7 heteroatoms. The summed E-state index contributed by atoms with van der Waals surface area (Å²) in [4.78, 5) is 17.7. The average Bonchev–Trinajstić information content (AvgIpc) is 2.83. The summed E-state index contributed by atoms with van der Waals surface area (Å²) < 4.78 is 17.5. The minimum atomic E-state index is -1.59. The molecule has 1 amide bonds. The summed E-state index contributed by atoms with van der Waals surface area (Å²) in [6.07, 6.45) is 0. The average molecular weight is 295 g/mol. The summed E-state index contributed by atoms with van der Waals surface area (Å²) in [5.74, 6) is -0.292. The van der Waals surface area contributed by atoms with Gasteiger partial charge in [-0.25, -0.2) is 9.19 Å². The summed E-state index contributed by atoms with van der Waals surface area (Å²) in [5, 5.41) is 0.0612. The SMILES string of the molecule is CCN(CC)C(=O)CS(=O)c1nc2ccc(N)cc2o1. The van der Waals surface area contributed by atoms with Crippen molar-refractivity contribution >= 4 is 33.5 Å². The molecule has 0 aliphatic carbocycles. The third-order valence-electron chi connectivity index (χ3n) is 2.96. The molecule has 0 fully saturated rings. The summed E-state index contributed by atoms with van der Waals surface area (Å²) in [5.41, 5.74) is 7.24. The smallest absolute Gasteiger partial charge is 0.288 e. The molecule has 1 aromatic carbocycles. The van der Waals surface area contributed by atoms with E-state index >= 15 is 0 Å². The number of benzene rings is 1. The van der Waals surface area contributed by atoms with Gasteiger partial charge >= 0.3 is 0 Å². The van der Waals surface area contributed by atoms with E-state index in [2.05, 4.69) is 4.98 Å². The number of hydrogen-bond acceptors (Lipinski definition) is 5. The van der Waals surface area contributed by atoms with Crippen LogP contribution < -0.4 is 5.73 Å². The van der Waals surface area contributed by atoms with Gasteiger partial charge in [-0.3, -0.25) is 4.79 Å². The first-order valence-corrected chi connectivity index (χ1v) is 7.69. The van der Waals surface area contributed by atoms with Crippen molar-refractivity contribution in [3.63, 3.8) is 0 Å². The molecule has 0 aliphatic rings. The van der Waals surface area contributed by atoms with Gasteiger partial charge in [0.25, 0.3) is 5.22 Å². The van der Waals surface area contributed by atoms with Gasteiger partial charge in [0.05, 0.1) is 0 Å². The van der Waals surface area contributed by atoms with E-state index < -0.39 is 10.8 Å². The van der Waals surface area contributed by atoms with E-state index in [1.807, 2.05) is 13.8 Å². The lowest BCUT2D eigenvalue weighted by Gasteiger charge is -2.17. The zero-order valence-corrected chi connectivity index (χ0v) is 12.3. The molecule has 2 N–H and O–H groups in total. The zero-order valence-electron chi connectivity index (χ0n) is 11.5. The van der Waals surface area contributed by atoms with Crippen LogP contribution >= 0.6 is 0 Å². The molecule has 0 aliphatic heterocycles. The Labute approximate surface area is 119 Å². The Balaban J connectivity index is 2.17. The second-order valence-electron chi connectivity index (χ2n) is 4.26. The molecule has 6 nitrogen and oxygen atoms in total. The van der Waals surface area contributed by atoms with E-state index in [4.69, 9.17) is 10.2 Å². The van der Waals surface area contributed by atoms with Crippen molar-refractivity contribution in [3.8, 4) is 0 Å². The highest BCUT2D eigenvalue weighted by molar-refractivity contribution is 7.85. The maximum Gasteiger partial charge on any atom is 0.288 e. The van der Waals surface area contributed by atoms with Crippen molar-refractivity contribution in [1.29, 1.82) is 0 Å². The monoisotopic (exact) mass is 295 g/mol. The lowest BCUT2D eigenvalue weighted by atomic mass is 10.3. The Bertz CT molecular complexity index is 649. The van der Waals surface area contributed by atoms with Crippen molar-refractivity contribution in [3.05, 3.63) is 18.2 Å². The van der Waals surface area contributed by atoms with E-state index in [1.165, 1.54) is 0 Å². The van der Waals surface area contributed by atoms with E-state index in [0.717, 1.165) is 0 Å². The fraction of sp³-hybridized carbons (Fsp3) is 0.385. The molecule has 1 heterocycles. The van der Waals surface area contributed by atoms with E-state index in [0.29, 0.717) is 29.9 Å². The molecule has 2 aromatic rings. The first kappa shape index (κ1) is 14.5. The van der Waals surface area contributed by atoms with Gasteiger partial charge in [-0.15, -0.1) is 0 Å². The predicted molar refractivity (Wildman–Crippen MR) is 77.6 cm³/mol. The number of oxazole rings is 1. The normalized spacial score (nSPS) is 12.5. The molecular weight excluding hydrogens is 278 g/mol. The van der Waals surface area contributed by atoms with Crippen LogP contribution in [0.25, 0.3) is 11.1 Å². The van der Waals surface area contributed by atoms with Gasteiger partial charge in [0, 0.05) is 24.8 Å². The van der Waals surface area contributed by atoms with Gasteiger partial charge in [0.2, 0.25) is 5.91 Å². The number of anilines is 1. The number of nitrogen functional groups attached to an aromatic ring is 1. The number of amides is 1. The van der Waals surface area contributed by atoms with Crippen LogP contribution in [0.1, 0.15) is 13.8 Å². The van der Waals surface area contributed by atoms with Crippen LogP contribution in [0.2, 0.25) is 0 Å². The Morgan fingerprint density at radius 1 is 1.40 bits per heavy atom. The number of nitrogens with zero attached hydrogens (tertiary/aromatic N) is 2. The highest BCUT2D eigenvalue weighted by Crippen LogP contribution is 2.20. The van der Waals surface area contributed by atoms with Gasteiger partial charge < -0.3 is 15.1 Å². The number of hydrogen-bond donors (Lipinski definition) is 1. The second kappa shape index (κ2) is 6.04. The maximum atomic E-state index is 12.1. The van der Waals surface area contributed by atoms with Crippen LogP contribution in [0.15, 0.2) is 27.8 Å². The third kappa shape index (κ3) is 2.98. The lowest BCUT2D eigenvalue weighted by molar-refractivity contribution is -0.128. The Kier molecular flexibility index (Phi) is 4.39. The standard InChI is InChI=1S/C13H17N3O3S/c1-3-16(4-2)12(17)8-20(18)13-15-10-6-5-9(14)7-11(10)19-13/h5-7H,3-4,8,14H2,1-2H3. The van der Waals surface area contributed by atoms with Crippen LogP contribution in [0.4, 0.5) is 5.69 Å². The van der Waals surface area contributed by atoms with Crippen LogP contribution in [0, 0.1) is 0 Å². The molecule has 0 spiro atoms. The number of carbonyl (C=O) groups is 1. The number of aromatic nitrogens is 1. The quantitative estimate of drug-likeness (QED) is 0.842. The second-order valence-corrected chi connectivity index (χ2v) is 5.59. The van der Waals surface area contributed by atoms with Gasteiger partial charge in [-0.1, -0.05) is 0 Å². The fourth-order valence-electron chi connectivity index (χ4n) is 1.86. The fourth-order valence-corrected chi connectivity index (χ4v) is 2.77. The molecule has 0 saturated heterocycles. The number of fused-ring (bicyclic) bond motifs is 1. The molecule has 1 aromatic heterocycles. The van der Waals surface area contributed by atoms with Gasteiger partial charge in [-0.05, 0) is 26.0 Å². The molecule has 0 saturated carbocycles. The Hall–Kier alpha value is -1.89. The first-order valence-electron chi connectivity index (χ1n) is 6.37. The highest BCUT2D eigenvalue weighted by atomic mass is 32.2. The largest absolute Gasteiger partial charge is 0.430 e. The van der Waals surface area contributed by atoms with Gasteiger partial charge in [-0.2, -0.15) is 0 Å². The number of rotatable bonds is 5. The van der Waals surface area contributed by atoms with Crippen LogP contribution in [0.3, 0.4) is 0 Å². The molecule has 2 rings (SSSR count). The molecular formula is C13H17N3O3S. The van der Waals surface area contributed by atoms with Crippen LogP contribution in [-0.2, 0) is 15.6 Å². The third-order valence-corrected chi connectivity index (χ3v) is 4.03. The molecule has 0 radical (unpaired) electrons. The predicted octanol–water partition coefficient (Wildman–Crippen LogP) is 1.39. The summed E-state index contributed by atoms with van der Waals surface area (Å²) in [6, 6.07) is 5.01. The van der Waals surface area contributed by atoms with E-state index in [1.54, 1.807) is 23.1 Å². The summed E-state index contributed by atoms with van der Waals surface area (Å²) in [7, 11) is -1.59. The minimum absolute atomic E-state index is 0.0612. The summed E-state index contributed by atoms with van der Waals surface area (Å²) >= 11 is 0. The minimum Gasteiger partial charge on any atom is -0.430 e.